The summed E-state index contributed by atoms with van der Waals surface area (Å²) >= 11 is 6.06. The third-order valence-corrected chi connectivity index (χ3v) is 3.30. The van der Waals surface area contributed by atoms with Crippen molar-refractivity contribution in [1.82, 2.24) is 0 Å². The van der Waals surface area contributed by atoms with E-state index in [1.165, 1.54) is 12.1 Å². The van der Waals surface area contributed by atoms with E-state index in [0.29, 0.717) is 5.75 Å². The molecule has 0 aliphatic heterocycles. The summed E-state index contributed by atoms with van der Waals surface area (Å²) in [5, 5.41) is 2.60. The Bertz CT molecular complexity index is 538. The normalized spacial score (nSPS) is 15.3. The molecule has 0 saturated heterocycles. The van der Waals surface area contributed by atoms with Gasteiger partial charge in [0.05, 0.1) is 16.8 Å². The van der Waals surface area contributed by atoms with Gasteiger partial charge in [-0.3, -0.25) is 5.32 Å². The second-order valence-corrected chi connectivity index (χ2v) is 6.47. The molecule has 1 fully saturated rings. The minimum atomic E-state index is -0.731. The van der Waals surface area contributed by atoms with E-state index in [4.69, 9.17) is 21.1 Å². The van der Waals surface area contributed by atoms with Crippen LogP contribution in [0, 0.1) is 5.82 Å². The van der Waals surface area contributed by atoms with Crippen LogP contribution in [0.2, 0.25) is 5.02 Å². The highest BCUT2D eigenvalue weighted by atomic mass is 35.5. The van der Waals surface area contributed by atoms with Crippen LogP contribution in [0.15, 0.2) is 12.1 Å². The van der Waals surface area contributed by atoms with Gasteiger partial charge in [-0.1, -0.05) is 11.6 Å². The molecule has 1 N–H and O–H groups in total. The van der Waals surface area contributed by atoms with Gasteiger partial charge < -0.3 is 9.47 Å². The molecule has 1 aromatic rings. The maximum atomic E-state index is 14.0. The Hall–Kier alpha value is -1.49. The Labute approximate surface area is 128 Å². The Morgan fingerprint density at radius 1 is 1.38 bits per heavy atom. The molecule has 0 aromatic heterocycles. The fourth-order valence-corrected chi connectivity index (χ4v) is 2.00. The highest BCUT2D eigenvalue weighted by Crippen LogP contribution is 2.34. The highest BCUT2D eigenvalue weighted by Gasteiger charge is 2.22. The Morgan fingerprint density at radius 3 is 2.57 bits per heavy atom. The number of ether oxygens (including phenoxy) is 2. The van der Waals surface area contributed by atoms with E-state index in [0.717, 1.165) is 19.3 Å². The average molecular weight is 316 g/mol. The number of rotatable bonds is 3. The van der Waals surface area contributed by atoms with Crippen molar-refractivity contribution in [3.05, 3.63) is 23.0 Å². The van der Waals surface area contributed by atoms with Crippen LogP contribution >= 0.6 is 11.6 Å². The van der Waals surface area contributed by atoms with Gasteiger partial charge in [-0.2, -0.15) is 0 Å². The first-order valence-corrected chi connectivity index (χ1v) is 7.28. The van der Waals surface area contributed by atoms with E-state index in [9.17, 15) is 9.18 Å². The van der Waals surface area contributed by atoms with E-state index in [2.05, 4.69) is 5.32 Å². The molecule has 0 spiro atoms. The predicted molar refractivity (Wildman–Crippen MR) is 79.5 cm³/mol. The van der Waals surface area contributed by atoms with E-state index < -0.39 is 17.5 Å². The summed E-state index contributed by atoms with van der Waals surface area (Å²) < 4.78 is 24.6. The average Bonchev–Trinajstić information content (AvgIpc) is 2.26. The standard InChI is InChI=1S/C15H19ClFNO3/c1-15(2,3)21-14(19)18-12-7-10(16)13(8-11(12)17)20-9-5-4-6-9/h7-9H,4-6H2,1-3H3,(H,18,19). The fourth-order valence-electron chi connectivity index (χ4n) is 1.80. The van der Waals surface area contributed by atoms with Crippen LogP contribution in [0.3, 0.4) is 0 Å². The van der Waals surface area contributed by atoms with Gasteiger partial charge in [0.25, 0.3) is 0 Å². The lowest BCUT2D eigenvalue weighted by Gasteiger charge is -2.27. The molecule has 0 radical (unpaired) electrons. The lowest BCUT2D eigenvalue weighted by Crippen LogP contribution is -2.27. The molecule has 1 aliphatic rings. The summed E-state index contributed by atoms with van der Waals surface area (Å²) in [4.78, 5) is 11.6. The maximum Gasteiger partial charge on any atom is 0.412 e. The first-order chi connectivity index (χ1) is 9.74. The number of amides is 1. The SMILES string of the molecule is CC(C)(C)OC(=O)Nc1cc(Cl)c(OC2CCC2)cc1F. The lowest BCUT2D eigenvalue weighted by atomic mass is 9.96. The number of halogens is 2. The molecule has 116 valence electrons. The molecule has 4 nitrogen and oxygen atoms in total. The summed E-state index contributed by atoms with van der Waals surface area (Å²) in [6.07, 6.45) is 2.39. The summed E-state index contributed by atoms with van der Waals surface area (Å²) in [7, 11) is 0. The van der Waals surface area contributed by atoms with Gasteiger partial charge in [-0.15, -0.1) is 0 Å². The van der Waals surface area contributed by atoms with Crippen molar-refractivity contribution in [1.29, 1.82) is 0 Å². The van der Waals surface area contributed by atoms with Crippen LogP contribution in [0.1, 0.15) is 40.0 Å². The minimum Gasteiger partial charge on any atom is -0.489 e. The smallest absolute Gasteiger partial charge is 0.412 e. The van der Waals surface area contributed by atoms with Crippen LogP contribution in [-0.2, 0) is 4.74 Å². The summed E-state index contributed by atoms with van der Waals surface area (Å²) in [6.45, 7) is 5.18. The number of carbonyl (C=O) groups excluding carboxylic acids is 1. The van der Waals surface area contributed by atoms with Crippen LogP contribution < -0.4 is 10.1 Å². The second kappa shape index (κ2) is 6.10. The zero-order chi connectivity index (χ0) is 15.6. The van der Waals surface area contributed by atoms with Crippen molar-refractivity contribution in [2.45, 2.75) is 51.7 Å². The van der Waals surface area contributed by atoms with Crippen molar-refractivity contribution < 1.29 is 18.7 Å². The predicted octanol–water partition coefficient (Wildman–Crippen LogP) is 4.76. The van der Waals surface area contributed by atoms with E-state index in [-0.39, 0.29) is 16.8 Å². The molecule has 1 aromatic carbocycles. The van der Waals surface area contributed by atoms with E-state index in [1.54, 1.807) is 20.8 Å². The van der Waals surface area contributed by atoms with Crippen molar-refractivity contribution in [3.63, 3.8) is 0 Å². The number of benzene rings is 1. The van der Waals surface area contributed by atoms with Gasteiger partial charge in [0.1, 0.15) is 11.4 Å². The van der Waals surface area contributed by atoms with Gasteiger partial charge in [-0.05, 0) is 46.1 Å². The van der Waals surface area contributed by atoms with Gasteiger partial charge in [0.2, 0.25) is 0 Å². The molecule has 0 atom stereocenters. The van der Waals surface area contributed by atoms with Crippen molar-refractivity contribution in [2.75, 3.05) is 5.32 Å². The largest absolute Gasteiger partial charge is 0.489 e. The zero-order valence-electron chi connectivity index (χ0n) is 12.3. The highest BCUT2D eigenvalue weighted by molar-refractivity contribution is 6.32. The first-order valence-electron chi connectivity index (χ1n) is 6.90. The topological polar surface area (TPSA) is 47.6 Å². The first kappa shape index (κ1) is 15.9. The number of hydrogen-bond donors (Lipinski definition) is 1. The molecule has 6 heteroatoms. The number of anilines is 1. The van der Waals surface area contributed by atoms with E-state index >= 15 is 0 Å². The van der Waals surface area contributed by atoms with Crippen LogP contribution in [0.5, 0.6) is 5.75 Å². The summed E-state index contributed by atoms with van der Waals surface area (Å²) in [5.41, 5.74) is -0.687. The molecule has 0 heterocycles. The Kier molecular flexibility index (Phi) is 4.61. The second-order valence-electron chi connectivity index (χ2n) is 6.06. The lowest BCUT2D eigenvalue weighted by molar-refractivity contribution is 0.0635. The molecule has 1 amide bonds. The Morgan fingerprint density at radius 2 is 2.05 bits per heavy atom. The molecule has 2 rings (SSSR count). The van der Waals surface area contributed by atoms with Gasteiger partial charge >= 0.3 is 6.09 Å². The van der Waals surface area contributed by atoms with Crippen molar-refractivity contribution in [3.8, 4) is 5.75 Å². The monoisotopic (exact) mass is 315 g/mol. The summed E-state index contributed by atoms with van der Waals surface area (Å²) in [5.74, 6) is -0.312. The van der Waals surface area contributed by atoms with E-state index in [1.807, 2.05) is 0 Å². The van der Waals surface area contributed by atoms with Crippen molar-refractivity contribution >= 4 is 23.4 Å². The number of hydrogen-bond acceptors (Lipinski definition) is 3. The molecule has 1 aliphatic carbocycles. The molecular formula is C15H19ClFNO3. The number of nitrogens with one attached hydrogen (secondary N) is 1. The molecule has 0 unspecified atom stereocenters. The quantitative estimate of drug-likeness (QED) is 0.875. The number of carbonyl (C=O) groups is 1. The third-order valence-electron chi connectivity index (χ3n) is 3.00. The Balaban J connectivity index is 2.06. The molecular weight excluding hydrogens is 297 g/mol. The third kappa shape index (κ3) is 4.49. The van der Waals surface area contributed by atoms with Gasteiger partial charge in [0.15, 0.2) is 5.82 Å². The maximum absolute atomic E-state index is 14.0. The molecule has 21 heavy (non-hydrogen) atoms. The van der Waals surface area contributed by atoms with Crippen molar-refractivity contribution in [2.24, 2.45) is 0 Å². The van der Waals surface area contributed by atoms with Crippen LogP contribution in [-0.4, -0.2) is 17.8 Å². The van der Waals surface area contributed by atoms with Gasteiger partial charge in [-0.25, -0.2) is 9.18 Å². The fraction of sp³-hybridized carbons (Fsp3) is 0.533. The summed E-state index contributed by atoms with van der Waals surface area (Å²) in [6, 6.07) is 2.52. The zero-order valence-corrected chi connectivity index (χ0v) is 13.1. The van der Waals surface area contributed by atoms with Crippen LogP contribution in [0.25, 0.3) is 0 Å². The molecule has 1 saturated carbocycles. The molecule has 0 bridgehead atoms. The minimum absolute atomic E-state index is 0.0322. The van der Waals surface area contributed by atoms with Gasteiger partial charge in [0, 0.05) is 6.07 Å². The van der Waals surface area contributed by atoms with Crippen LogP contribution in [0.4, 0.5) is 14.9 Å².